The lowest BCUT2D eigenvalue weighted by Crippen LogP contribution is -2.59. The summed E-state index contributed by atoms with van der Waals surface area (Å²) in [5.41, 5.74) is 0.595. The van der Waals surface area contributed by atoms with Gasteiger partial charge in [-0.2, -0.15) is 0 Å². The number of thiophene rings is 1. The smallest absolute Gasteiger partial charge is 0.256 e. The van der Waals surface area contributed by atoms with Gasteiger partial charge in [0.05, 0.1) is 13.1 Å². The van der Waals surface area contributed by atoms with Gasteiger partial charge in [-0.25, -0.2) is 0 Å². The molecule has 110 valence electrons. The third-order valence-corrected chi connectivity index (χ3v) is 5.38. The first kappa shape index (κ1) is 15.9. The summed E-state index contributed by atoms with van der Waals surface area (Å²) in [6.45, 7) is 4.14. The maximum Gasteiger partial charge on any atom is 0.256 e. The lowest BCUT2D eigenvalue weighted by atomic mass is 10.1. The molecule has 0 spiro atoms. The van der Waals surface area contributed by atoms with E-state index in [0.29, 0.717) is 31.7 Å². The average Bonchev–Trinajstić information content (AvgIpc) is 2.77. The topological polar surface area (TPSA) is 61.4 Å². The Morgan fingerprint density at radius 1 is 1.55 bits per heavy atom. The molecule has 1 aromatic heterocycles. The van der Waals surface area contributed by atoms with Gasteiger partial charge in [0.1, 0.15) is 6.04 Å². The maximum absolute atomic E-state index is 12.6. The first-order chi connectivity index (χ1) is 9.54. The Balaban J connectivity index is 2.21. The lowest BCUT2D eigenvalue weighted by Gasteiger charge is -2.35. The Labute approximate surface area is 138 Å². The SMILES string of the molecule is CCNC(=O)C1CNCCN1C(=O)c1cc(Br)sc1Br. The van der Waals surface area contributed by atoms with Crippen LogP contribution in [0.2, 0.25) is 0 Å². The number of nitrogens with one attached hydrogen (secondary N) is 2. The van der Waals surface area contributed by atoms with Gasteiger partial charge >= 0.3 is 0 Å². The molecule has 1 aliphatic rings. The van der Waals surface area contributed by atoms with Crippen LogP contribution in [-0.2, 0) is 4.79 Å². The molecule has 5 nitrogen and oxygen atoms in total. The monoisotopic (exact) mass is 423 g/mol. The Kier molecular flexibility index (Phi) is 5.59. The number of piperazine rings is 1. The number of carbonyl (C=O) groups is 2. The summed E-state index contributed by atoms with van der Waals surface area (Å²) in [5.74, 6) is -0.227. The number of hydrogen-bond donors (Lipinski definition) is 2. The number of amides is 2. The summed E-state index contributed by atoms with van der Waals surface area (Å²) in [4.78, 5) is 26.3. The molecule has 1 fully saturated rings. The number of hydrogen-bond acceptors (Lipinski definition) is 4. The van der Waals surface area contributed by atoms with Crippen LogP contribution < -0.4 is 10.6 Å². The fourth-order valence-corrected chi connectivity index (χ4v) is 4.89. The predicted octanol–water partition coefficient (Wildman–Crippen LogP) is 1.82. The van der Waals surface area contributed by atoms with E-state index < -0.39 is 6.04 Å². The zero-order chi connectivity index (χ0) is 14.7. The van der Waals surface area contributed by atoms with Crippen LogP contribution in [-0.4, -0.2) is 48.9 Å². The van der Waals surface area contributed by atoms with Crippen molar-refractivity contribution in [3.63, 3.8) is 0 Å². The quantitative estimate of drug-likeness (QED) is 0.777. The van der Waals surface area contributed by atoms with Crippen molar-refractivity contribution in [3.8, 4) is 0 Å². The fourth-order valence-electron chi connectivity index (χ4n) is 2.11. The molecule has 2 N–H and O–H groups in total. The summed E-state index contributed by atoms with van der Waals surface area (Å²) < 4.78 is 1.67. The molecular weight excluding hydrogens is 410 g/mol. The van der Waals surface area contributed by atoms with Gasteiger partial charge in [-0.15, -0.1) is 11.3 Å². The van der Waals surface area contributed by atoms with Crippen LogP contribution in [0, 0.1) is 0 Å². The first-order valence-electron chi connectivity index (χ1n) is 6.28. The molecule has 1 atom stereocenters. The van der Waals surface area contributed by atoms with Crippen LogP contribution in [0.15, 0.2) is 13.6 Å². The Morgan fingerprint density at radius 2 is 2.30 bits per heavy atom. The van der Waals surface area contributed by atoms with Crippen molar-refractivity contribution in [3.05, 3.63) is 19.2 Å². The molecule has 0 aromatic carbocycles. The second-order valence-electron chi connectivity index (χ2n) is 4.35. The van der Waals surface area contributed by atoms with E-state index in [0.717, 1.165) is 7.57 Å². The summed E-state index contributed by atoms with van der Waals surface area (Å²) in [7, 11) is 0. The van der Waals surface area contributed by atoms with E-state index in [1.54, 1.807) is 11.0 Å². The molecule has 0 saturated carbocycles. The predicted molar refractivity (Wildman–Crippen MR) is 86.1 cm³/mol. The molecule has 20 heavy (non-hydrogen) atoms. The average molecular weight is 425 g/mol. The number of carbonyl (C=O) groups excluding carboxylic acids is 2. The minimum Gasteiger partial charge on any atom is -0.355 e. The second-order valence-corrected chi connectivity index (χ2v) is 8.10. The zero-order valence-electron chi connectivity index (χ0n) is 10.9. The molecule has 1 unspecified atom stereocenters. The van der Waals surface area contributed by atoms with Crippen molar-refractivity contribution in [1.29, 1.82) is 0 Å². The molecular formula is C12H15Br2N3O2S. The highest BCUT2D eigenvalue weighted by Crippen LogP contribution is 2.33. The van der Waals surface area contributed by atoms with Gasteiger partial charge < -0.3 is 15.5 Å². The van der Waals surface area contributed by atoms with Gasteiger partial charge in [-0.3, -0.25) is 9.59 Å². The van der Waals surface area contributed by atoms with Gasteiger partial charge in [-0.1, -0.05) is 0 Å². The van der Waals surface area contributed by atoms with Crippen molar-refractivity contribution in [2.75, 3.05) is 26.2 Å². The highest BCUT2D eigenvalue weighted by atomic mass is 79.9. The Bertz CT molecular complexity index is 521. The second kappa shape index (κ2) is 7.02. The molecule has 0 radical (unpaired) electrons. The van der Waals surface area contributed by atoms with Crippen molar-refractivity contribution in [1.82, 2.24) is 15.5 Å². The maximum atomic E-state index is 12.6. The van der Waals surface area contributed by atoms with Gasteiger partial charge in [0.15, 0.2) is 0 Å². The van der Waals surface area contributed by atoms with E-state index in [2.05, 4.69) is 42.5 Å². The van der Waals surface area contributed by atoms with Crippen LogP contribution in [0.4, 0.5) is 0 Å². The normalized spacial score (nSPS) is 18.9. The van der Waals surface area contributed by atoms with Crippen LogP contribution in [0.1, 0.15) is 17.3 Å². The molecule has 2 amide bonds. The largest absolute Gasteiger partial charge is 0.355 e. The Hall–Kier alpha value is -0.440. The number of nitrogens with zero attached hydrogens (tertiary/aromatic N) is 1. The van der Waals surface area contributed by atoms with Crippen molar-refractivity contribution >= 4 is 55.0 Å². The summed E-state index contributed by atoms with van der Waals surface area (Å²) >= 11 is 8.22. The summed E-state index contributed by atoms with van der Waals surface area (Å²) in [6, 6.07) is 1.33. The minimum absolute atomic E-state index is 0.113. The lowest BCUT2D eigenvalue weighted by molar-refractivity contribution is -0.126. The molecule has 1 aliphatic heterocycles. The van der Waals surface area contributed by atoms with Gasteiger partial charge in [0, 0.05) is 26.2 Å². The fraction of sp³-hybridized carbons (Fsp3) is 0.500. The molecule has 2 rings (SSSR count). The Morgan fingerprint density at radius 3 is 2.90 bits per heavy atom. The molecule has 0 bridgehead atoms. The molecule has 1 saturated heterocycles. The first-order valence-corrected chi connectivity index (χ1v) is 8.69. The van der Waals surface area contributed by atoms with E-state index >= 15 is 0 Å². The van der Waals surface area contributed by atoms with Crippen molar-refractivity contribution in [2.45, 2.75) is 13.0 Å². The minimum atomic E-state index is -0.457. The van der Waals surface area contributed by atoms with E-state index in [1.807, 2.05) is 6.92 Å². The standard InChI is InChI=1S/C12H15Br2N3O2S/c1-2-16-11(18)8-6-15-3-4-17(8)12(19)7-5-9(13)20-10(7)14/h5,8,15H,2-4,6H2,1H3,(H,16,18). The molecule has 1 aromatic rings. The van der Waals surface area contributed by atoms with Crippen LogP contribution in [0.3, 0.4) is 0 Å². The zero-order valence-corrected chi connectivity index (χ0v) is 14.9. The number of rotatable bonds is 3. The number of halogens is 2. The van der Waals surface area contributed by atoms with E-state index in [4.69, 9.17) is 0 Å². The highest BCUT2D eigenvalue weighted by molar-refractivity contribution is 9.12. The van der Waals surface area contributed by atoms with Gasteiger partial charge in [0.2, 0.25) is 5.91 Å². The van der Waals surface area contributed by atoms with Crippen LogP contribution in [0.5, 0.6) is 0 Å². The van der Waals surface area contributed by atoms with Crippen LogP contribution >= 0.6 is 43.2 Å². The van der Waals surface area contributed by atoms with Crippen molar-refractivity contribution < 1.29 is 9.59 Å². The third-order valence-electron chi connectivity index (χ3n) is 3.05. The third kappa shape index (κ3) is 3.41. The van der Waals surface area contributed by atoms with E-state index in [1.165, 1.54) is 11.3 Å². The van der Waals surface area contributed by atoms with E-state index in [-0.39, 0.29) is 11.8 Å². The highest BCUT2D eigenvalue weighted by Gasteiger charge is 2.33. The molecule has 8 heteroatoms. The summed E-state index contributed by atoms with van der Waals surface area (Å²) in [5, 5.41) is 5.94. The van der Waals surface area contributed by atoms with Crippen molar-refractivity contribution in [2.24, 2.45) is 0 Å². The molecule has 0 aliphatic carbocycles. The van der Waals surface area contributed by atoms with Gasteiger partial charge in [-0.05, 0) is 44.8 Å². The van der Waals surface area contributed by atoms with Gasteiger partial charge in [0.25, 0.3) is 5.91 Å². The molecule has 2 heterocycles. The number of likely N-dealkylation sites (N-methyl/N-ethyl adjacent to an activating group) is 1. The van der Waals surface area contributed by atoms with E-state index in [9.17, 15) is 9.59 Å². The van der Waals surface area contributed by atoms with Crippen LogP contribution in [0.25, 0.3) is 0 Å². The summed E-state index contributed by atoms with van der Waals surface area (Å²) in [6.07, 6.45) is 0.